The first-order chi connectivity index (χ1) is 8.96. The Morgan fingerprint density at radius 2 is 2.05 bits per heavy atom. The van der Waals surface area contributed by atoms with Crippen LogP contribution in [0, 0.1) is 0 Å². The number of ketones is 1. The third kappa shape index (κ3) is 1.21. The number of fused-ring (bicyclic) bond motifs is 3. The molecule has 0 radical (unpaired) electrons. The molecule has 0 saturated carbocycles. The monoisotopic (exact) mass is 276 g/mol. The maximum Gasteiger partial charge on any atom is 0.262 e. The number of hydrogen-bond donors (Lipinski definition) is 3. The number of rotatable bonds is 1. The van der Waals surface area contributed by atoms with Crippen LogP contribution in [-0.4, -0.2) is 31.7 Å². The van der Waals surface area contributed by atoms with Crippen LogP contribution >= 0.6 is 12.2 Å². The minimum absolute atomic E-state index is 0.103. The fourth-order valence-electron chi connectivity index (χ4n) is 2.66. The summed E-state index contributed by atoms with van der Waals surface area (Å²) in [5, 5.41) is 24.2. The zero-order chi connectivity index (χ0) is 13.8. The van der Waals surface area contributed by atoms with Crippen molar-refractivity contribution in [3.8, 4) is 0 Å². The van der Waals surface area contributed by atoms with Gasteiger partial charge in [-0.1, -0.05) is 30.3 Å². The summed E-state index contributed by atoms with van der Waals surface area (Å²) in [6, 6.07) is 6.55. The molecular formula is C13H12N2O3S. The van der Waals surface area contributed by atoms with E-state index >= 15 is 0 Å². The number of hydrogen-bond acceptors (Lipinski definition) is 4. The molecule has 2 atom stereocenters. The van der Waals surface area contributed by atoms with E-state index in [1.54, 1.807) is 37.3 Å². The highest BCUT2D eigenvalue weighted by Gasteiger charge is 2.70. The first-order valence-corrected chi connectivity index (χ1v) is 6.21. The Bertz CT molecular complexity index is 630. The van der Waals surface area contributed by atoms with Gasteiger partial charge in [0, 0.05) is 17.3 Å². The number of nitrogens with zero attached hydrogens (tertiary/aromatic N) is 1. The molecule has 0 amide bonds. The van der Waals surface area contributed by atoms with Crippen molar-refractivity contribution in [3.63, 3.8) is 0 Å². The lowest BCUT2D eigenvalue weighted by Gasteiger charge is -2.32. The topological polar surface area (TPSA) is 72.8 Å². The number of Topliss-reactive ketones (excluding diaryl/α,β-unsaturated/α-hetero) is 1. The van der Waals surface area contributed by atoms with Gasteiger partial charge >= 0.3 is 0 Å². The van der Waals surface area contributed by atoms with E-state index in [9.17, 15) is 15.0 Å². The number of carbonyl (C=O) groups excluding carboxylic acids is 1. The second-order valence-electron chi connectivity index (χ2n) is 4.54. The Morgan fingerprint density at radius 3 is 2.74 bits per heavy atom. The number of aliphatic hydroxyl groups is 2. The van der Waals surface area contributed by atoms with Crippen molar-refractivity contribution in [3.05, 3.63) is 47.7 Å². The Labute approximate surface area is 115 Å². The SMILES string of the molecule is C/C=C/N1C(=S)N[C@@]2(O)c3ccccc3C(=O)[C@]12O. The zero-order valence-electron chi connectivity index (χ0n) is 10.1. The number of thiocarbonyl (C=S) groups is 1. The van der Waals surface area contributed by atoms with Crippen molar-refractivity contribution in [2.24, 2.45) is 0 Å². The van der Waals surface area contributed by atoms with E-state index in [4.69, 9.17) is 12.2 Å². The van der Waals surface area contributed by atoms with Crippen LogP contribution in [0.15, 0.2) is 36.5 Å². The van der Waals surface area contributed by atoms with Crippen LogP contribution in [0.4, 0.5) is 0 Å². The number of benzene rings is 1. The quantitative estimate of drug-likeness (QED) is 0.647. The molecular weight excluding hydrogens is 264 g/mol. The van der Waals surface area contributed by atoms with Crippen LogP contribution < -0.4 is 5.32 Å². The summed E-state index contributed by atoms with van der Waals surface area (Å²) < 4.78 is 0. The molecule has 3 N–H and O–H groups in total. The molecule has 1 aliphatic carbocycles. The van der Waals surface area contributed by atoms with Gasteiger partial charge in [-0.15, -0.1) is 0 Å². The molecule has 3 rings (SSSR count). The molecule has 0 aromatic heterocycles. The average Bonchev–Trinajstić information content (AvgIpc) is 2.69. The van der Waals surface area contributed by atoms with Crippen LogP contribution in [0.3, 0.4) is 0 Å². The van der Waals surface area contributed by atoms with Crippen LogP contribution in [0.25, 0.3) is 0 Å². The van der Waals surface area contributed by atoms with Gasteiger partial charge in [0.25, 0.3) is 5.72 Å². The minimum Gasteiger partial charge on any atom is -0.363 e. The lowest BCUT2D eigenvalue weighted by atomic mass is 10.00. The van der Waals surface area contributed by atoms with Crippen molar-refractivity contribution in [1.29, 1.82) is 0 Å². The van der Waals surface area contributed by atoms with Gasteiger partial charge in [-0.25, -0.2) is 0 Å². The third-order valence-corrected chi connectivity index (χ3v) is 3.83. The van der Waals surface area contributed by atoms with Crippen molar-refractivity contribution < 1.29 is 15.0 Å². The second kappa shape index (κ2) is 3.63. The molecule has 5 nitrogen and oxygen atoms in total. The standard InChI is InChI=1S/C13H12N2O3S/c1-2-7-15-11(19)14-12(17)9-6-4-3-5-8(9)10(16)13(12,15)18/h2-7,17-18H,1H3,(H,14,19)/b7-2+/t12-,13-/m1/s1. The van der Waals surface area contributed by atoms with Crippen molar-refractivity contribution in [2.45, 2.75) is 18.4 Å². The smallest absolute Gasteiger partial charge is 0.262 e. The lowest BCUT2D eigenvalue weighted by molar-refractivity contribution is -0.153. The van der Waals surface area contributed by atoms with Crippen LogP contribution in [-0.2, 0) is 5.72 Å². The molecule has 0 unspecified atom stereocenters. The Morgan fingerprint density at radius 1 is 1.37 bits per heavy atom. The largest absolute Gasteiger partial charge is 0.363 e. The average molecular weight is 276 g/mol. The Balaban J connectivity index is 2.28. The number of nitrogens with one attached hydrogen (secondary N) is 1. The maximum absolute atomic E-state index is 12.5. The van der Waals surface area contributed by atoms with Crippen LogP contribution in [0.5, 0.6) is 0 Å². The molecule has 1 saturated heterocycles. The molecule has 19 heavy (non-hydrogen) atoms. The summed E-state index contributed by atoms with van der Waals surface area (Å²) in [5.74, 6) is -0.573. The molecule has 1 heterocycles. The van der Waals surface area contributed by atoms with E-state index in [1.165, 1.54) is 11.1 Å². The predicted molar refractivity (Wildman–Crippen MR) is 72.0 cm³/mol. The Kier molecular flexibility index (Phi) is 2.35. The lowest BCUT2D eigenvalue weighted by Crippen LogP contribution is -2.58. The third-order valence-electron chi connectivity index (χ3n) is 3.54. The first kappa shape index (κ1) is 12.3. The van der Waals surface area contributed by atoms with Crippen molar-refractivity contribution >= 4 is 23.1 Å². The molecule has 0 spiro atoms. The summed E-state index contributed by atoms with van der Waals surface area (Å²) in [6.45, 7) is 1.73. The highest BCUT2D eigenvalue weighted by atomic mass is 32.1. The molecule has 6 heteroatoms. The van der Waals surface area contributed by atoms with Gasteiger partial charge < -0.3 is 15.5 Å². The van der Waals surface area contributed by atoms with Gasteiger partial charge in [0.1, 0.15) is 0 Å². The molecule has 0 bridgehead atoms. The van der Waals surface area contributed by atoms with E-state index in [1.807, 2.05) is 0 Å². The molecule has 1 aliphatic heterocycles. The van der Waals surface area contributed by atoms with Gasteiger partial charge in [-0.05, 0) is 19.1 Å². The van der Waals surface area contributed by atoms with E-state index in [2.05, 4.69) is 5.32 Å². The maximum atomic E-state index is 12.5. The minimum atomic E-state index is -2.14. The molecule has 2 aliphatic rings. The van der Waals surface area contributed by atoms with Crippen LogP contribution in [0.1, 0.15) is 22.8 Å². The fraction of sp³-hybridized carbons (Fsp3) is 0.231. The van der Waals surface area contributed by atoms with Crippen LogP contribution in [0.2, 0.25) is 0 Å². The molecule has 1 aromatic carbocycles. The summed E-state index contributed by atoms with van der Waals surface area (Å²) in [5.41, 5.74) is -3.44. The van der Waals surface area contributed by atoms with Gasteiger partial charge in [-0.2, -0.15) is 0 Å². The summed E-state index contributed by atoms with van der Waals surface area (Å²) >= 11 is 5.08. The predicted octanol–water partition coefficient (Wildman–Crippen LogP) is 0.440. The van der Waals surface area contributed by atoms with Crippen molar-refractivity contribution in [2.75, 3.05) is 0 Å². The Hall–Kier alpha value is -1.76. The van der Waals surface area contributed by atoms with E-state index in [0.717, 1.165) is 0 Å². The highest BCUT2D eigenvalue weighted by molar-refractivity contribution is 7.80. The van der Waals surface area contributed by atoms with Gasteiger partial charge in [0.2, 0.25) is 11.5 Å². The normalized spacial score (nSPS) is 32.7. The number of allylic oxidation sites excluding steroid dienone is 1. The fourth-order valence-corrected chi connectivity index (χ4v) is 3.00. The molecule has 1 fully saturated rings. The zero-order valence-corrected chi connectivity index (χ0v) is 10.9. The van der Waals surface area contributed by atoms with Crippen molar-refractivity contribution in [1.82, 2.24) is 10.2 Å². The highest BCUT2D eigenvalue weighted by Crippen LogP contribution is 2.48. The van der Waals surface area contributed by atoms with E-state index in [-0.39, 0.29) is 10.7 Å². The second-order valence-corrected chi connectivity index (χ2v) is 4.93. The number of carbonyl (C=O) groups is 1. The van der Waals surface area contributed by atoms with Gasteiger partial charge in [0.05, 0.1) is 0 Å². The van der Waals surface area contributed by atoms with Gasteiger partial charge in [0.15, 0.2) is 5.11 Å². The molecule has 98 valence electrons. The summed E-state index contributed by atoms with van der Waals surface area (Å²) in [6.07, 6.45) is 3.10. The summed E-state index contributed by atoms with van der Waals surface area (Å²) in [4.78, 5) is 13.6. The summed E-state index contributed by atoms with van der Waals surface area (Å²) in [7, 11) is 0. The molecule has 1 aromatic rings. The first-order valence-electron chi connectivity index (χ1n) is 5.80. The van der Waals surface area contributed by atoms with E-state index < -0.39 is 17.2 Å². The van der Waals surface area contributed by atoms with E-state index in [0.29, 0.717) is 5.56 Å². The van der Waals surface area contributed by atoms with Gasteiger partial charge in [-0.3, -0.25) is 9.69 Å².